The fourth-order valence-corrected chi connectivity index (χ4v) is 4.61. The highest BCUT2D eigenvalue weighted by Gasteiger charge is 2.56. The van der Waals surface area contributed by atoms with Gasteiger partial charge in [0.05, 0.1) is 23.8 Å². The molecule has 2 heterocycles. The van der Waals surface area contributed by atoms with Crippen molar-refractivity contribution in [2.24, 2.45) is 11.3 Å². The van der Waals surface area contributed by atoms with Crippen LogP contribution < -0.4 is 5.32 Å². The van der Waals surface area contributed by atoms with Gasteiger partial charge < -0.3 is 15.0 Å². The van der Waals surface area contributed by atoms with Crippen LogP contribution in [0.2, 0.25) is 0 Å². The van der Waals surface area contributed by atoms with Gasteiger partial charge in [0, 0.05) is 24.8 Å². The SMILES string of the molecule is CS(=O)(=O)c1ccc(Nc2ncnc(COCC34CCN(C=O)CC3C4)c2F)c(F)c1. The summed E-state index contributed by atoms with van der Waals surface area (Å²) in [5.41, 5.74) is -0.0303. The highest BCUT2D eigenvalue weighted by atomic mass is 32.2. The maximum Gasteiger partial charge on any atom is 0.209 e. The van der Waals surface area contributed by atoms with Crippen LogP contribution in [-0.4, -0.2) is 55.6 Å². The fraction of sp³-hybridized carbons (Fsp3) is 0.450. The van der Waals surface area contributed by atoms with Gasteiger partial charge in [0.15, 0.2) is 21.5 Å². The van der Waals surface area contributed by atoms with E-state index in [9.17, 15) is 22.0 Å². The lowest BCUT2D eigenvalue weighted by Gasteiger charge is -2.28. The molecule has 0 spiro atoms. The van der Waals surface area contributed by atoms with Crippen molar-refractivity contribution in [3.05, 3.63) is 41.9 Å². The lowest BCUT2D eigenvalue weighted by atomic mass is 9.96. The van der Waals surface area contributed by atoms with Crippen LogP contribution in [0, 0.1) is 23.0 Å². The van der Waals surface area contributed by atoms with Crippen molar-refractivity contribution in [1.29, 1.82) is 0 Å². The largest absolute Gasteiger partial charge is 0.374 e. The fourth-order valence-electron chi connectivity index (χ4n) is 3.98. The Kier molecular flexibility index (Phi) is 5.65. The lowest BCUT2D eigenvalue weighted by molar-refractivity contribution is -0.119. The standard InChI is InChI=1S/C20H22F2N4O4S/c1-31(28,29)14-2-3-16(15(21)6-14)25-19-18(22)17(23-11-24-19)9-30-10-20-4-5-26(12-27)8-13(20)7-20/h2-3,6,11-13H,4-5,7-10H2,1H3,(H,23,24,25). The van der Waals surface area contributed by atoms with Gasteiger partial charge in [0.25, 0.3) is 0 Å². The van der Waals surface area contributed by atoms with Crippen LogP contribution >= 0.6 is 0 Å². The third kappa shape index (κ3) is 4.52. The summed E-state index contributed by atoms with van der Waals surface area (Å²) in [5, 5.41) is 2.54. The first-order valence-corrected chi connectivity index (χ1v) is 11.6. The Bertz CT molecular complexity index is 1110. The first kappa shape index (κ1) is 21.6. The molecular formula is C20H22F2N4O4S. The number of sulfone groups is 1. The molecule has 1 amide bonds. The van der Waals surface area contributed by atoms with Crippen LogP contribution in [0.1, 0.15) is 18.5 Å². The summed E-state index contributed by atoms with van der Waals surface area (Å²) in [5.74, 6) is -1.44. The molecule has 11 heteroatoms. The van der Waals surface area contributed by atoms with Crippen molar-refractivity contribution in [2.75, 3.05) is 31.3 Å². The molecule has 2 fully saturated rings. The molecular weight excluding hydrogens is 430 g/mol. The van der Waals surface area contributed by atoms with E-state index < -0.39 is 21.5 Å². The molecule has 1 N–H and O–H groups in total. The smallest absolute Gasteiger partial charge is 0.209 e. The number of benzene rings is 1. The number of nitrogens with one attached hydrogen (secondary N) is 1. The molecule has 31 heavy (non-hydrogen) atoms. The van der Waals surface area contributed by atoms with Crippen LogP contribution in [0.4, 0.5) is 20.3 Å². The van der Waals surface area contributed by atoms with Crippen LogP contribution in [0.5, 0.6) is 0 Å². The van der Waals surface area contributed by atoms with Crippen LogP contribution in [0.15, 0.2) is 29.4 Å². The van der Waals surface area contributed by atoms with Crippen LogP contribution in [0.3, 0.4) is 0 Å². The third-order valence-electron chi connectivity index (χ3n) is 5.97. The average molecular weight is 452 g/mol. The topological polar surface area (TPSA) is 101 Å². The number of aromatic nitrogens is 2. The molecule has 2 unspecified atom stereocenters. The minimum Gasteiger partial charge on any atom is -0.374 e. The van der Waals surface area contributed by atoms with E-state index in [1.165, 1.54) is 12.1 Å². The summed E-state index contributed by atoms with van der Waals surface area (Å²) in [6, 6.07) is 3.30. The molecule has 4 rings (SSSR count). The van der Waals surface area contributed by atoms with Gasteiger partial charge in [-0.1, -0.05) is 0 Å². The monoisotopic (exact) mass is 452 g/mol. The number of piperidine rings is 1. The molecule has 8 nitrogen and oxygen atoms in total. The molecule has 0 bridgehead atoms. The number of carbonyl (C=O) groups excluding carboxylic acids is 1. The summed E-state index contributed by atoms with van der Waals surface area (Å²) in [7, 11) is -3.56. The second-order valence-corrected chi connectivity index (χ2v) is 10.1. The number of ether oxygens (including phenoxy) is 1. The Morgan fingerprint density at radius 3 is 2.84 bits per heavy atom. The van der Waals surface area contributed by atoms with E-state index in [0.29, 0.717) is 19.1 Å². The quantitative estimate of drug-likeness (QED) is 0.613. The van der Waals surface area contributed by atoms with Gasteiger partial charge in [-0.3, -0.25) is 4.79 Å². The van der Waals surface area contributed by atoms with E-state index in [1.54, 1.807) is 4.90 Å². The Labute approximate surface area is 178 Å². The minimum absolute atomic E-state index is 0.0320. The molecule has 0 radical (unpaired) electrons. The summed E-state index contributed by atoms with van der Waals surface area (Å²) < 4.78 is 57.8. The second kappa shape index (κ2) is 8.12. The van der Waals surface area contributed by atoms with E-state index in [0.717, 1.165) is 44.4 Å². The van der Waals surface area contributed by atoms with Gasteiger partial charge in [-0.15, -0.1) is 0 Å². The van der Waals surface area contributed by atoms with Gasteiger partial charge in [-0.2, -0.15) is 0 Å². The van der Waals surface area contributed by atoms with Crippen molar-refractivity contribution in [3.8, 4) is 0 Å². The van der Waals surface area contributed by atoms with E-state index >= 15 is 0 Å². The molecule has 2 aromatic rings. The molecule has 1 saturated heterocycles. The molecule has 166 valence electrons. The first-order chi connectivity index (χ1) is 14.7. The highest BCUT2D eigenvalue weighted by Crippen LogP contribution is 2.57. The normalized spacial score (nSPS) is 22.7. The number of amides is 1. The number of rotatable bonds is 8. The van der Waals surface area contributed by atoms with E-state index in [4.69, 9.17) is 4.74 Å². The van der Waals surface area contributed by atoms with Crippen molar-refractivity contribution in [1.82, 2.24) is 14.9 Å². The maximum absolute atomic E-state index is 14.8. The number of hydrogen-bond donors (Lipinski definition) is 1. The second-order valence-electron chi connectivity index (χ2n) is 8.13. The first-order valence-electron chi connectivity index (χ1n) is 9.75. The molecule has 1 aromatic carbocycles. The molecule has 1 saturated carbocycles. The lowest BCUT2D eigenvalue weighted by Crippen LogP contribution is -2.35. The number of carbonyl (C=O) groups is 1. The Balaban J connectivity index is 1.39. The van der Waals surface area contributed by atoms with Crippen LogP contribution in [0.25, 0.3) is 0 Å². The summed E-state index contributed by atoms with van der Waals surface area (Å²) in [4.78, 5) is 20.2. The number of hydrogen-bond acceptors (Lipinski definition) is 7. The van der Waals surface area contributed by atoms with Crippen molar-refractivity contribution in [2.45, 2.75) is 24.3 Å². The zero-order chi connectivity index (χ0) is 22.2. The van der Waals surface area contributed by atoms with Gasteiger partial charge in [0.2, 0.25) is 6.41 Å². The number of anilines is 2. The molecule has 1 aliphatic carbocycles. The zero-order valence-corrected chi connectivity index (χ0v) is 17.7. The van der Waals surface area contributed by atoms with E-state index in [2.05, 4.69) is 15.3 Å². The Hall–Kier alpha value is -2.66. The number of fused-ring (bicyclic) bond motifs is 1. The predicted molar refractivity (Wildman–Crippen MR) is 107 cm³/mol. The van der Waals surface area contributed by atoms with E-state index in [-0.39, 0.29) is 34.1 Å². The third-order valence-corrected chi connectivity index (χ3v) is 7.08. The summed E-state index contributed by atoms with van der Waals surface area (Å²) in [6.45, 7) is 1.82. The summed E-state index contributed by atoms with van der Waals surface area (Å²) >= 11 is 0. The van der Waals surface area contributed by atoms with Gasteiger partial charge in [-0.25, -0.2) is 27.2 Å². The zero-order valence-electron chi connectivity index (χ0n) is 16.8. The van der Waals surface area contributed by atoms with Gasteiger partial charge in [0.1, 0.15) is 17.8 Å². The predicted octanol–water partition coefficient (Wildman–Crippen LogP) is 2.29. The van der Waals surface area contributed by atoms with Gasteiger partial charge in [-0.05, 0) is 37.0 Å². The minimum atomic E-state index is -3.56. The number of likely N-dealkylation sites (tertiary alicyclic amines) is 1. The molecule has 2 aliphatic rings. The van der Waals surface area contributed by atoms with Crippen molar-refractivity contribution >= 4 is 27.8 Å². The molecule has 2 atom stereocenters. The Morgan fingerprint density at radius 2 is 2.16 bits per heavy atom. The van der Waals surface area contributed by atoms with Crippen molar-refractivity contribution < 1.29 is 26.7 Å². The Morgan fingerprint density at radius 1 is 1.35 bits per heavy atom. The molecule has 1 aliphatic heterocycles. The molecule has 1 aromatic heterocycles. The summed E-state index contributed by atoms with van der Waals surface area (Å²) in [6.07, 6.45) is 4.83. The van der Waals surface area contributed by atoms with Crippen molar-refractivity contribution in [3.63, 3.8) is 0 Å². The number of nitrogens with zero attached hydrogens (tertiary/aromatic N) is 3. The average Bonchev–Trinajstić information content (AvgIpc) is 3.44. The number of halogens is 2. The highest BCUT2D eigenvalue weighted by molar-refractivity contribution is 7.90. The maximum atomic E-state index is 14.8. The van der Waals surface area contributed by atoms with Crippen LogP contribution in [-0.2, 0) is 26.0 Å². The van der Waals surface area contributed by atoms with Gasteiger partial charge >= 0.3 is 0 Å². The van der Waals surface area contributed by atoms with E-state index in [1.807, 2.05) is 0 Å².